The Kier molecular flexibility index (Phi) is 10.2. The number of aliphatic hydroxyl groups is 1. The highest BCUT2D eigenvalue weighted by molar-refractivity contribution is 5.96. The average Bonchev–Trinajstić information content (AvgIpc) is 3.40. The maximum Gasteiger partial charge on any atom is 0.273 e. The normalized spacial score (nSPS) is 22.3. The minimum Gasteiger partial charge on any atom is -0.446 e. The summed E-state index contributed by atoms with van der Waals surface area (Å²) in [5, 5.41) is 21.0. The number of oxazole rings is 1. The Morgan fingerprint density at radius 1 is 1.18 bits per heavy atom. The fourth-order valence-corrected chi connectivity index (χ4v) is 3.98. The van der Waals surface area contributed by atoms with Gasteiger partial charge < -0.3 is 35.5 Å². The first-order chi connectivity index (χ1) is 18.5. The summed E-state index contributed by atoms with van der Waals surface area (Å²) in [6.07, 6.45) is 1.55. The summed E-state index contributed by atoms with van der Waals surface area (Å²) in [7, 11) is 1.41. The van der Waals surface area contributed by atoms with Crippen molar-refractivity contribution in [2.24, 2.45) is 0 Å². The van der Waals surface area contributed by atoms with Crippen molar-refractivity contribution in [2.75, 3.05) is 13.7 Å². The Morgan fingerprint density at radius 3 is 2.56 bits per heavy atom. The number of carbonyl (C=O) groups is 4. The lowest BCUT2D eigenvalue weighted by atomic mass is 10.0. The zero-order valence-corrected chi connectivity index (χ0v) is 22.7. The minimum atomic E-state index is -1.20. The SMILES string of the molecule is COC(C)(C)C(=O)N[C@H]1CCCCNC(=O)[C@H]([C@@H](C)O)NC(=O)c2coc(n2)[C@H](Cc2ccccc2)NC1=O. The van der Waals surface area contributed by atoms with E-state index < -0.39 is 53.5 Å². The maximum absolute atomic E-state index is 13.5. The number of fused-ring (bicyclic) bond motifs is 2. The monoisotopic (exact) mass is 543 g/mol. The fourth-order valence-electron chi connectivity index (χ4n) is 3.98. The number of nitrogens with zero attached hydrogens (tertiary/aromatic N) is 1. The van der Waals surface area contributed by atoms with Crippen LogP contribution >= 0.6 is 0 Å². The molecule has 5 N–H and O–H groups in total. The number of methoxy groups -OCH3 is 1. The molecule has 4 atom stereocenters. The Hall–Kier alpha value is -3.77. The van der Waals surface area contributed by atoms with Crippen LogP contribution in [0.1, 0.15) is 68.0 Å². The molecule has 0 aliphatic carbocycles. The Labute approximate surface area is 227 Å². The van der Waals surface area contributed by atoms with E-state index in [1.54, 1.807) is 13.8 Å². The molecule has 12 nitrogen and oxygen atoms in total. The van der Waals surface area contributed by atoms with Crippen molar-refractivity contribution in [3.05, 3.63) is 53.7 Å². The number of ether oxygens (including phenoxy) is 1. The average molecular weight is 544 g/mol. The first-order valence-electron chi connectivity index (χ1n) is 12.9. The lowest BCUT2D eigenvalue weighted by Gasteiger charge is -2.27. The van der Waals surface area contributed by atoms with E-state index in [1.165, 1.54) is 14.0 Å². The zero-order valence-electron chi connectivity index (χ0n) is 22.7. The molecule has 2 bridgehead atoms. The molecule has 0 spiro atoms. The van der Waals surface area contributed by atoms with Crippen molar-refractivity contribution in [3.63, 3.8) is 0 Å². The van der Waals surface area contributed by atoms with Gasteiger partial charge in [-0.1, -0.05) is 30.3 Å². The number of hydrogen-bond acceptors (Lipinski definition) is 8. The van der Waals surface area contributed by atoms with Gasteiger partial charge in [0.25, 0.3) is 11.8 Å². The van der Waals surface area contributed by atoms with Gasteiger partial charge in [0.1, 0.15) is 30.0 Å². The van der Waals surface area contributed by atoms with Crippen molar-refractivity contribution >= 4 is 23.6 Å². The Morgan fingerprint density at radius 2 is 1.90 bits per heavy atom. The van der Waals surface area contributed by atoms with Crippen LogP contribution in [0.25, 0.3) is 0 Å². The van der Waals surface area contributed by atoms with Gasteiger partial charge >= 0.3 is 0 Å². The number of carbonyl (C=O) groups excluding carboxylic acids is 4. The second-order valence-electron chi connectivity index (χ2n) is 10.0. The van der Waals surface area contributed by atoms with Gasteiger partial charge in [0, 0.05) is 20.1 Å². The number of nitrogens with one attached hydrogen (secondary N) is 4. The predicted octanol–water partition coefficient (Wildman–Crippen LogP) is 0.764. The predicted molar refractivity (Wildman–Crippen MR) is 140 cm³/mol. The van der Waals surface area contributed by atoms with Gasteiger partial charge in [0.05, 0.1) is 6.10 Å². The smallest absolute Gasteiger partial charge is 0.273 e. The van der Waals surface area contributed by atoms with Crippen molar-refractivity contribution in [1.82, 2.24) is 26.3 Å². The zero-order chi connectivity index (χ0) is 28.6. The van der Waals surface area contributed by atoms with E-state index in [-0.39, 0.29) is 18.1 Å². The molecule has 12 heteroatoms. The molecule has 1 aromatic heterocycles. The van der Waals surface area contributed by atoms with Gasteiger partial charge in [0.2, 0.25) is 17.7 Å². The topological polar surface area (TPSA) is 172 Å². The third-order valence-electron chi connectivity index (χ3n) is 6.60. The number of aromatic nitrogens is 1. The van der Waals surface area contributed by atoms with E-state index in [4.69, 9.17) is 9.15 Å². The number of rotatable bonds is 6. The van der Waals surface area contributed by atoms with Gasteiger partial charge in [-0.2, -0.15) is 0 Å². The van der Waals surface area contributed by atoms with E-state index in [9.17, 15) is 24.3 Å². The highest BCUT2D eigenvalue weighted by Crippen LogP contribution is 2.20. The van der Waals surface area contributed by atoms with E-state index >= 15 is 0 Å². The molecular formula is C27H37N5O7. The van der Waals surface area contributed by atoms with Gasteiger partial charge in [-0.25, -0.2) is 4.98 Å². The van der Waals surface area contributed by atoms with Crippen molar-refractivity contribution in [2.45, 2.75) is 76.3 Å². The molecule has 2 aromatic rings. The van der Waals surface area contributed by atoms with Crippen LogP contribution in [0.3, 0.4) is 0 Å². The third kappa shape index (κ3) is 8.11. The van der Waals surface area contributed by atoms with Crippen LogP contribution in [0, 0.1) is 0 Å². The fraction of sp³-hybridized carbons (Fsp3) is 0.519. The first-order valence-corrected chi connectivity index (χ1v) is 12.9. The lowest BCUT2D eigenvalue weighted by molar-refractivity contribution is -0.142. The van der Waals surface area contributed by atoms with Gasteiger partial charge in [-0.15, -0.1) is 0 Å². The Bertz CT molecular complexity index is 1150. The van der Waals surface area contributed by atoms with Gasteiger partial charge in [-0.3, -0.25) is 19.2 Å². The molecule has 0 saturated heterocycles. The number of amides is 4. The molecule has 0 fully saturated rings. The molecular weight excluding hydrogens is 506 g/mol. The molecule has 4 amide bonds. The van der Waals surface area contributed by atoms with Gasteiger partial charge in [0.15, 0.2) is 5.69 Å². The molecule has 2 heterocycles. The summed E-state index contributed by atoms with van der Waals surface area (Å²) >= 11 is 0. The van der Waals surface area contributed by atoms with Crippen LogP contribution < -0.4 is 21.3 Å². The number of benzene rings is 1. The van der Waals surface area contributed by atoms with Crippen LogP contribution in [-0.4, -0.2) is 71.2 Å². The molecule has 0 unspecified atom stereocenters. The van der Waals surface area contributed by atoms with Crippen molar-refractivity contribution < 1.29 is 33.4 Å². The summed E-state index contributed by atoms with van der Waals surface area (Å²) in [6.45, 7) is 4.84. The number of aliphatic hydroxyl groups excluding tert-OH is 1. The standard InChI is InChI=1S/C27H37N5O7/c1-16(33)21-24(36)28-13-9-8-12-18(31-26(37)27(2,3)38-4)22(34)29-19(14-17-10-6-5-7-11-17)25-30-20(15-39-25)23(35)32-21/h5-7,10-11,15-16,18-19,21,33H,8-9,12-14H2,1-4H3,(H,28,36)(H,29,34)(H,31,37)(H,32,35)/t16-,18+,19+,21+/m1/s1. The maximum atomic E-state index is 13.5. The summed E-state index contributed by atoms with van der Waals surface area (Å²) in [5.41, 5.74) is -0.392. The van der Waals surface area contributed by atoms with Crippen LogP contribution in [0.2, 0.25) is 0 Å². The molecule has 212 valence electrons. The highest BCUT2D eigenvalue weighted by atomic mass is 16.5. The van der Waals surface area contributed by atoms with Crippen LogP contribution in [0.5, 0.6) is 0 Å². The second-order valence-corrected chi connectivity index (χ2v) is 10.0. The summed E-state index contributed by atoms with van der Waals surface area (Å²) in [5.74, 6) is -2.10. The minimum absolute atomic E-state index is 0.0739. The van der Waals surface area contributed by atoms with Crippen molar-refractivity contribution in [1.29, 1.82) is 0 Å². The quantitative estimate of drug-likeness (QED) is 0.355. The van der Waals surface area contributed by atoms with Crippen LogP contribution in [0.4, 0.5) is 0 Å². The summed E-state index contributed by atoms with van der Waals surface area (Å²) < 4.78 is 10.9. The largest absolute Gasteiger partial charge is 0.446 e. The van der Waals surface area contributed by atoms with Gasteiger partial charge in [-0.05, 0) is 45.6 Å². The lowest BCUT2D eigenvalue weighted by Crippen LogP contribution is -2.54. The molecule has 0 radical (unpaired) electrons. The molecule has 0 saturated carbocycles. The molecule has 1 aromatic carbocycles. The second kappa shape index (κ2) is 13.3. The highest BCUT2D eigenvalue weighted by Gasteiger charge is 2.33. The number of hydrogen-bond donors (Lipinski definition) is 5. The van der Waals surface area contributed by atoms with E-state index in [0.717, 1.165) is 11.8 Å². The third-order valence-corrected chi connectivity index (χ3v) is 6.60. The van der Waals surface area contributed by atoms with E-state index in [2.05, 4.69) is 26.3 Å². The van der Waals surface area contributed by atoms with Crippen molar-refractivity contribution in [3.8, 4) is 0 Å². The molecule has 3 rings (SSSR count). The first kappa shape index (κ1) is 29.8. The van der Waals surface area contributed by atoms with E-state index in [1.807, 2.05) is 30.3 Å². The molecule has 1 aliphatic heterocycles. The summed E-state index contributed by atoms with van der Waals surface area (Å²) in [4.78, 5) is 56.1. The molecule has 1 aliphatic rings. The van der Waals surface area contributed by atoms with Crippen LogP contribution in [-0.2, 0) is 25.5 Å². The molecule has 39 heavy (non-hydrogen) atoms. The van der Waals surface area contributed by atoms with Crippen LogP contribution in [0.15, 0.2) is 41.0 Å². The van der Waals surface area contributed by atoms with E-state index in [0.29, 0.717) is 25.7 Å². The summed E-state index contributed by atoms with van der Waals surface area (Å²) in [6, 6.07) is 6.48. The Balaban J connectivity index is 1.95.